The summed E-state index contributed by atoms with van der Waals surface area (Å²) in [5.74, 6) is 0.345. The van der Waals surface area contributed by atoms with Crippen LogP contribution < -0.4 is 5.32 Å². The molecule has 9 heteroatoms. The van der Waals surface area contributed by atoms with Gasteiger partial charge in [0.25, 0.3) is 0 Å². The average Bonchev–Trinajstić information content (AvgIpc) is 3.11. The van der Waals surface area contributed by atoms with Crippen LogP contribution in [0, 0.1) is 0 Å². The molecule has 0 bridgehead atoms. The second kappa shape index (κ2) is 7.36. The third kappa shape index (κ3) is 4.25. The predicted molar refractivity (Wildman–Crippen MR) is 94.4 cm³/mol. The summed E-state index contributed by atoms with van der Waals surface area (Å²) >= 11 is 0. The van der Waals surface area contributed by atoms with Gasteiger partial charge in [0.2, 0.25) is 5.82 Å². The van der Waals surface area contributed by atoms with Crippen LogP contribution in [0.15, 0.2) is 48.5 Å². The number of halogens is 3. The lowest BCUT2D eigenvalue weighted by Gasteiger charge is -2.12. The minimum atomic E-state index is -4.38. The highest BCUT2D eigenvalue weighted by atomic mass is 19.4. The molecule has 0 aliphatic heterocycles. The van der Waals surface area contributed by atoms with Crippen LogP contribution in [0.4, 0.5) is 24.5 Å². The Bertz CT molecular complexity index is 906. The van der Waals surface area contributed by atoms with Crippen LogP contribution in [0.1, 0.15) is 25.5 Å². The van der Waals surface area contributed by atoms with E-state index in [1.165, 1.54) is 16.9 Å². The number of rotatable bonds is 5. The maximum Gasteiger partial charge on any atom is 0.416 e. The van der Waals surface area contributed by atoms with E-state index in [-0.39, 0.29) is 6.04 Å². The van der Waals surface area contributed by atoms with Gasteiger partial charge in [-0.05, 0) is 55.5 Å². The summed E-state index contributed by atoms with van der Waals surface area (Å²) in [5.41, 5.74) is 1.06. The maximum absolute atomic E-state index is 12.7. The molecule has 0 radical (unpaired) electrons. The highest BCUT2D eigenvalue weighted by molar-refractivity contribution is 5.77. The van der Waals surface area contributed by atoms with Gasteiger partial charge in [0, 0.05) is 16.9 Å². The third-order valence-corrected chi connectivity index (χ3v) is 4.15. The molecule has 142 valence electrons. The fraction of sp³-hybridized carbons (Fsp3) is 0.278. The van der Waals surface area contributed by atoms with Crippen LogP contribution in [0.25, 0.3) is 11.4 Å². The first-order valence-corrected chi connectivity index (χ1v) is 8.27. The highest BCUT2D eigenvalue weighted by Gasteiger charge is 2.30. The molecule has 1 aromatic heterocycles. The lowest BCUT2D eigenvalue weighted by atomic mass is 10.1. The Morgan fingerprint density at radius 2 is 1.70 bits per heavy atom. The number of nitrogens with one attached hydrogen (secondary N) is 1. The lowest BCUT2D eigenvalue weighted by molar-refractivity contribution is -0.137. The fourth-order valence-corrected chi connectivity index (χ4v) is 2.38. The van der Waals surface area contributed by atoms with Crippen molar-refractivity contribution in [3.63, 3.8) is 0 Å². The predicted octanol–water partition coefficient (Wildman–Crippen LogP) is 4.04. The standard InChI is InChI=1S/C18H18F3N5O/c1-11(12(2)27)26-24-17(23-25-26)15-5-3-4-6-16(15)22-14-9-7-13(8-10-14)18(19,20)21/h3-12,22,27H,1-2H3. The van der Waals surface area contributed by atoms with E-state index in [0.29, 0.717) is 22.8 Å². The van der Waals surface area contributed by atoms with Gasteiger partial charge in [0.05, 0.1) is 17.7 Å². The van der Waals surface area contributed by atoms with Gasteiger partial charge >= 0.3 is 6.18 Å². The summed E-state index contributed by atoms with van der Waals surface area (Å²) in [6.45, 7) is 3.40. The van der Waals surface area contributed by atoms with Crippen molar-refractivity contribution in [1.82, 2.24) is 20.2 Å². The molecule has 6 nitrogen and oxygen atoms in total. The molecule has 2 unspecified atom stereocenters. The van der Waals surface area contributed by atoms with Gasteiger partial charge in [0.1, 0.15) is 0 Å². The summed E-state index contributed by atoms with van der Waals surface area (Å²) < 4.78 is 38.1. The normalized spacial score (nSPS) is 14.0. The Hall–Kier alpha value is -2.94. The van der Waals surface area contributed by atoms with E-state index in [2.05, 4.69) is 20.7 Å². The van der Waals surface area contributed by atoms with E-state index in [4.69, 9.17) is 0 Å². The van der Waals surface area contributed by atoms with Crippen molar-refractivity contribution in [2.75, 3.05) is 5.32 Å². The molecule has 2 atom stereocenters. The molecule has 0 aliphatic carbocycles. The number of aliphatic hydroxyl groups excluding tert-OH is 1. The summed E-state index contributed by atoms with van der Waals surface area (Å²) in [5, 5.41) is 25.0. The van der Waals surface area contributed by atoms with E-state index in [0.717, 1.165) is 12.1 Å². The number of tetrazole rings is 1. The number of nitrogens with zero attached hydrogens (tertiary/aromatic N) is 4. The summed E-state index contributed by atoms with van der Waals surface area (Å²) in [4.78, 5) is 1.33. The van der Waals surface area contributed by atoms with E-state index < -0.39 is 17.8 Å². The lowest BCUT2D eigenvalue weighted by Crippen LogP contribution is -2.20. The average molecular weight is 377 g/mol. The molecule has 27 heavy (non-hydrogen) atoms. The summed E-state index contributed by atoms with van der Waals surface area (Å²) in [6.07, 6.45) is -5.02. The number of aromatic nitrogens is 4. The molecule has 0 fully saturated rings. The minimum Gasteiger partial charge on any atom is -0.391 e. The number of anilines is 2. The first-order chi connectivity index (χ1) is 12.8. The molecular weight excluding hydrogens is 359 g/mol. The van der Waals surface area contributed by atoms with Crippen molar-refractivity contribution in [1.29, 1.82) is 0 Å². The number of benzene rings is 2. The minimum absolute atomic E-state index is 0.345. The smallest absolute Gasteiger partial charge is 0.391 e. The van der Waals surface area contributed by atoms with Crippen LogP contribution in [-0.4, -0.2) is 31.4 Å². The van der Waals surface area contributed by atoms with Crippen molar-refractivity contribution in [3.8, 4) is 11.4 Å². The van der Waals surface area contributed by atoms with Gasteiger partial charge in [0.15, 0.2) is 0 Å². The van der Waals surface area contributed by atoms with Crippen LogP contribution in [0.2, 0.25) is 0 Å². The molecule has 0 saturated heterocycles. The van der Waals surface area contributed by atoms with Gasteiger partial charge in [-0.3, -0.25) is 0 Å². The van der Waals surface area contributed by atoms with Gasteiger partial charge in [-0.15, -0.1) is 10.2 Å². The van der Waals surface area contributed by atoms with Crippen LogP contribution >= 0.6 is 0 Å². The van der Waals surface area contributed by atoms with Gasteiger partial charge in [-0.1, -0.05) is 12.1 Å². The summed E-state index contributed by atoms with van der Waals surface area (Å²) in [7, 11) is 0. The Labute approximate surface area is 153 Å². The highest BCUT2D eigenvalue weighted by Crippen LogP contribution is 2.32. The van der Waals surface area contributed by atoms with E-state index in [9.17, 15) is 18.3 Å². The largest absolute Gasteiger partial charge is 0.416 e. The van der Waals surface area contributed by atoms with Gasteiger partial charge in [-0.25, -0.2) is 0 Å². The van der Waals surface area contributed by atoms with Crippen molar-refractivity contribution in [2.24, 2.45) is 0 Å². The molecule has 0 spiro atoms. The Kier molecular flexibility index (Phi) is 5.13. The second-order valence-corrected chi connectivity index (χ2v) is 6.16. The Balaban J connectivity index is 1.87. The number of para-hydroxylation sites is 1. The number of hydrogen-bond acceptors (Lipinski definition) is 5. The molecule has 0 amide bonds. The first-order valence-electron chi connectivity index (χ1n) is 8.27. The van der Waals surface area contributed by atoms with Crippen molar-refractivity contribution in [3.05, 3.63) is 54.1 Å². The molecule has 1 heterocycles. The number of hydrogen-bond donors (Lipinski definition) is 2. The van der Waals surface area contributed by atoms with Crippen molar-refractivity contribution >= 4 is 11.4 Å². The molecular formula is C18H18F3N5O. The molecule has 2 N–H and O–H groups in total. The fourth-order valence-electron chi connectivity index (χ4n) is 2.38. The topological polar surface area (TPSA) is 75.9 Å². The molecule has 3 rings (SSSR count). The number of aliphatic hydroxyl groups is 1. The van der Waals surface area contributed by atoms with E-state index in [1.807, 2.05) is 0 Å². The molecule has 0 saturated carbocycles. The maximum atomic E-state index is 12.7. The molecule has 3 aromatic rings. The first kappa shape index (κ1) is 18.8. The Morgan fingerprint density at radius 1 is 1.04 bits per heavy atom. The van der Waals surface area contributed by atoms with Crippen LogP contribution in [0.5, 0.6) is 0 Å². The van der Waals surface area contributed by atoms with Gasteiger partial charge < -0.3 is 10.4 Å². The molecule has 2 aromatic carbocycles. The van der Waals surface area contributed by atoms with Gasteiger partial charge in [-0.2, -0.15) is 18.0 Å². The SMILES string of the molecule is CC(O)C(C)n1nnc(-c2ccccc2Nc2ccc(C(F)(F)F)cc2)n1. The van der Waals surface area contributed by atoms with Crippen molar-refractivity contribution in [2.45, 2.75) is 32.2 Å². The van der Waals surface area contributed by atoms with E-state index >= 15 is 0 Å². The zero-order valence-electron chi connectivity index (χ0n) is 14.6. The number of alkyl halides is 3. The Morgan fingerprint density at radius 3 is 2.33 bits per heavy atom. The van der Waals surface area contributed by atoms with Crippen molar-refractivity contribution < 1.29 is 18.3 Å². The van der Waals surface area contributed by atoms with Crippen LogP contribution in [0.3, 0.4) is 0 Å². The van der Waals surface area contributed by atoms with E-state index in [1.54, 1.807) is 38.1 Å². The zero-order chi connectivity index (χ0) is 19.6. The second-order valence-electron chi connectivity index (χ2n) is 6.16. The third-order valence-electron chi connectivity index (χ3n) is 4.15. The summed E-state index contributed by atoms with van der Waals surface area (Å²) in [6, 6.07) is 11.5. The van der Waals surface area contributed by atoms with Crippen LogP contribution in [-0.2, 0) is 6.18 Å². The quantitative estimate of drug-likeness (QED) is 0.702. The zero-order valence-corrected chi connectivity index (χ0v) is 14.6. The monoisotopic (exact) mass is 377 g/mol. The molecule has 0 aliphatic rings.